The molecule has 0 aliphatic carbocycles. The summed E-state index contributed by atoms with van der Waals surface area (Å²) in [6.07, 6.45) is 0.00991. The van der Waals surface area contributed by atoms with E-state index in [9.17, 15) is 18.0 Å². The highest BCUT2D eigenvalue weighted by Crippen LogP contribution is 2.32. The maximum atomic E-state index is 12.8. The number of nitrogens with one attached hydrogen (secondary N) is 2. The summed E-state index contributed by atoms with van der Waals surface area (Å²) in [5.41, 5.74) is 1.55. The fourth-order valence-corrected chi connectivity index (χ4v) is 3.31. The Labute approximate surface area is 181 Å². The van der Waals surface area contributed by atoms with Crippen molar-refractivity contribution in [2.75, 3.05) is 22.6 Å². The van der Waals surface area contributed by atoms with Gasteiger partial charge in [-0.25, -0.2) is 4.98 Å². The van der Waals surface area contributed by atoms with E-state index in [4.69, 9.17) is 0 Å². The average molecular weight is 446 g/mol. The van der Waals surface area contributed by atoms with Gasteiger partial charge in [-0.3, -0.25) is 14.5 Å². The molecule has 4 heterocycles. The molecule has 32 heavy (non-hydrogen) atoms. The van der Waals surface area contributed by atoms with Gasteiger partial charge >= 0.3 is 6.18 Å². The minimum Gasteiger partial charge on any atom is -0.350 e. The zero-order valence-corrected chi connectivity index (χ0v) is 17.6. The monoisotopic (exact) mass is 446 g/mol. The minimum absolute atomic E-state index is 0.114. The predicted octanol–water partition coefficient (Wildman–Crippen LogP) is 2.83. The molecule has 1 aliphatic heterocycles. The molecular formula is C20H21F3N8O. The summed E-state index contributed by atoms with van der Waals surface area (Å²) >= 11 is 0. The van der Waals surface area contributed by atoms with E-state index in [-0.39, 0.29) is 18.5 Å². The van der Waals surface area contributed by atoms with Gasteiger partial charge in [-0.1, -0.05) is 0 Å². The fourth-order valence-electron chi connectivity index (χ4n) is 3.31. The molecule has 0 fully saturated rings. The SMILES string of the molecule is Cc1nc(NCc2cnn(Cc3ccnc(C(F)(F)F)c3)c2)nc2c1NC(=O)C(C)N2C. The molecule has 1 aliphatic rings. The number of fused-ring (bicyclic) bond motifs is 1. The van der Waals surface area contributed by atoms with Gasteiger partial charge in [-0.05, 0) is 31.5 Å². The number of aryl methyl sites for hydroxylation is 1. The van der Waals surface area contributed by atoms with Gasteiger partial charge in [-0.2, -0.15) is 23.3 Å². The van der Waals surface area contributed by atoms with E-state index in [2.05, 4.69) is 30.7 Å². The number of amides is 1. The molecule has 3 aromatic rings. The van der Waals surface area contributed by atoms with E-state index in [0.29, 0.717) is 35.3 Å². The largest absolute Gasteiger partial charge is 0.433 e. The van der Waals surface area contributed by atoms with E-state index in [0.717, 1.165) is 17.8 Å². The van der Waals surface area contributed by atoms with Crippen molar-refractivity contribution >= 4 is 23.4 Å². The first-order chi connectivity index (χ1) is 15.1. The van der Waals surface area contributed by atoms with Crippen LogP contribution in [0.2, 0.25) is 0 Å². The topological polar surface area (TPSA) is 101 Å². The molecule has 0 saturated heterocycles. The molecule has 0 bridgehead atoms. The number of pyridine rings is 1. The van der Waals surface area contributed by atoms with E-state index in [1.54, 1.807) is 42.9 Å². The Morgan fingerprint density at radius 2 is 2.03 bits per heavy atom. The third-order valence-electron chi connectivity index (χ3n) is 5.21. The maximum Gasteiger partial charge on any atom is 0.433 e. The molecule has 1 atom stereocenters. The summed E-state index contributed by atoms with van der Waals surface area (Å²) in [4.78, 5) is 26.1. The zero-order chi connectivity index (χ0) is 23.0. The van der Waals surface area contributed by atoms with Gasteiger partial charge in [-0.15, -0.1) is 0 Å². The zero-order valence-electron chi connectivity index (χ0n) is 17.6. The summed E-state index contributed by atoms with van der Waals surface area (Å²) in [5, 5.41) is 10.2. The van der Waals surface area contributed by atoms with Crippen LogP contribution in [0.1, 0.15) is 29.4 Å². The number of carbonyl (C=O) groups excluding carboxylic acids is 1. The van der Waals surface area contributed by atoms with Crippen LogP contribution >= 0.6 is 0 Å². The van der Waals surface area contributed by atoms with Crippen LogP contribution in [-0.2, 0) is 24.1 Å². The molecule has 12 heteroatoms. The normalized spacial score (nSPS) is 16.0. The molecule has 1 unspecified atom stereocenters. The van der Waals surface area contributed by atoms with Gasteiger partial charge in [0.25, 0.3) is 0 Å². The van der Waals surface area contributed by atoms with Crippen molar-refractivity contribution in [3.05, 3.63) is 53.2 Å². The first-order valence-electron chi connectivity index (χ1n) is 9.81. The van der Waals surface area contributed by atoms with E-state index >= 15 is 0 Å². The van der Waals surface area contributed by atoms with Gasteiger partial charge in [0.15, 0.2) is 5.82 Å². The highest BCUT2D eigenvalue weighted by atomic mass is 19.4. The Kier molecular flexibility index (Phi) is 5.45. The number of halogens is 3. The van der Waals surface area contributed by atoms with Crippen LogP contribution in [0.4, 0.5) is 30.6 Å². The Morgan fingerprint density at radius 1 is 1.25 bits per heavy atom. The lowest BCUT2D eigenvalue weighted by Gasteiger charge is -2.32. The van der Waals surface area contributed by atoms with Gasteiger partial charge in [0.2, 0.25) is 11.9 Å². The molecule has 1 amide bonds. The number of anilines is 3. The third kappa shape index (κ3) is 4.34. The van der Waals surface area contributed by atoms with Crippen molar-refractivity contribution < 1.29 is 18.0 Å². The second-order valence-corrected chi connectivity index (χ2v) is 7.55. The second kappa shape index (κ2) is 8.09. The molecule has 3 aromatic heterocycles. The summed E-state index contributed by atoms with van der Waals surface area (Å²) in [6, 6.07) is 2.18. The van der Waals surface area contributed by atoms with Crippen LogP contribution in [0, 0.1) is 6.92 Å². The van der Waals surface area contributed by atoms with Crippen LogP contribution in [0.3, 0.4) is 0 Å². The molecule has 4 rings (SSSR count). The Balaban J connectivity index is 1.44. The van der Waals surface area contributed by atoms with Crippen molar-refractivity contribution in [3.8, 4) is 0 Å². The number of rotatable bonds is 5. The van der Waals surface area contributed by atoms with Crippen molar-refractivity contribution in [1.29, 1.82) is 0 Å². The van der Waals surface area contributed by atoms with Gasteiger partial charge < -0.3 is 15.5 Å². The lowest BCUT2D eigenvalue weighted by Crippen LogP contribution is -2.44. The summed E-state index contributed by atoms with van der Waals surface area (Å²) in [5.74, 6) is 0.908. The lowest BCUT2D eigenvalue weighted by atomic mass is 10.2. The van der Waals surface area contributed by atoms with E-state index < -0.39 is 11.9 Å². The van der Waals surface area contributed by atoms with Crippen LogP contribution in [0.5, 0.6) is 0 Å². The number of nitrogens with zero attached hydrogens (tertiary/aromatic N) is 6. The molecule has 0 spiro atoms. The second-order valence-electron chi connectivity index (χ2n) is 7.55. The highest BCUT2D eigenvalue weighted by molar-refractivity contribution is 6.03. The van der Waals surface area contributed by atoms with Crippen LogP contribution in [0.15, 0.2) is 30.7 Å². The minimum atomic E-state index is -4.49. The van der Waals surface area contributed by atoms with Gasteiger partial charge in [0.05, 0.1) is 18.4 Å². The number of aromatic nitrogens is 5. The number of hydrogen-bond acceptors (Lipinski definition) is 7. The van der Waals surface area contributed by atoms with Crippen LogP contribution in [0.25, 0.3) is 0 Å². The standard InChI is InChI=1S/C20H21F3N8O/c1-11-16-17(30(3)12(2)18(32)28-16)29-19(27-11)25-7-14-8-26-31(10-14)9-13-4-5-24-15(6-13)20(21,22)23/h4-6,8,10,12H,7,9H2,1-3H3,(H,28,32)(H,25,27,29). The summed E-state index contributed by atoms with van der Waals surface area (Å²) in [6.45, 7) is 4.13. The molecule has 9 nitrogen and oxygen atoms in total. The quantitative estimate of drug-likeness (QED) is 0.622. The van der Waals surface area contributed by atoms with Crippen molar-refractivity contribution in [2.45, 2.75) is 39.2 Å². The van der Waals surface area contributed by atoms with Crippen molar-refractivity contribution in [2.24, 2.45) is 0 Å². The first kappa shape index (κ1) is 21.5. The molecule has 0 radical (unpaired) electrons. The van der Waals surface area contributed by atoms with Gasteiger partial charge in [0.1, 0.15) is 17.4 Å². The number of likely N-dealkylation sites (N-methyl/N-ethyl adjacent to an activating group) is 1. The van der Waals surface area contributed by atoms with E-state index in [1.807, 2.05) is 0 Å². The van der Waals surface area contributed by atoms with Crippen LogP contribution < -0.4 is 15.5 Å². The molecule has 2 N–H and O–H groups in total. The third-order valence-corrected chi connectivity index (χ3v) is 5.21. The number of hydrogen-bond donors (Lipinski definition) is 2. The lowest BCUT2D eigenvalue weighted by molar-refractivity contribution is -0.141. The molecule has 0 saturated carbocycles. The molecule has 0 aromatic carbocycles. The fraction of sp³-hybridized carbons (Fsp3) is 0.350. The van der Waals surface area contributed by atoms with E-state index in [1.165, 1.54) is 6.07 Å². The Hall–Kier alpha value is -3.70. The Morgan fingerprint density at radius 3 is 2.78 bits per heavy atom. The van der Waals surface area contributed by atoms with Gasteiger partial charge in [0, 0.05) is 31.5 Å². The maximum absolute atomic E-state index is 12.8. The van der Waals surface area contributed by atoms with Crippen molar-refractivity contribution in [1.82, 2.24) is 24.7 Å². The average Bonchev–Trinajstić information content (AvgIpc) is 3.18. The van der Waals surface area contributed by atoms with Crippen LogP contribution in [-0.4, -0.2) is 43.7 Å². The Bertz CT molecular complexity index is 1160. The summed E-state index contributed by atoms with van der Waals surface area (Å²) < 4.78 is 40.1. The smallest absolute Gasteiger partial charge is 0.350 e. The number of alkyl halides is 3. The molecular weight excluding hydrogens is 425 g/mol. The highest BCUT2D eigenvalue weighted by Gasteiger charge is 2.32. The van der Waals surface area contributed by atoms with Crippen molar-refractivity contribution in [3.63, 3.8) is 0 Å². The predicted molar refractivity (Wildman–Crippen MR) is 111 cm³/mol. The number of carbonyl (C=O) groups is 1. The molecule has 168 valence electrons. The first-order valence-corrected chi connectivity index (χ1v) is 9.81. The summed E-state index contributed by atoms with van der Waals surface area (Å²) in [7, 11) is 1.80.